The zero-order chi connectivity index (χ0) is 8.97. The van der Waals surface area contributed by atoms with Gasteiger partial charge in [0.25, 0.3) is 0 Å². The van der Waals surface area contributed by atoms with E-state index in [0.29, 0.717) is 0 Å². The first kappa shape index (κ1) is 9.07. The van der Waals surface area contributed by atoms with Crippen molar-refractivity contribution in [1.82, 2.24) is 0 Å². The van der Waals surface area contributed by atoms with Crippen molar-refractivity contribution in [1.29, 1.82) is 0 Å². The fourth-order valence-corrected chi connectivity index (χ4v) is 1.10. The third kappa shape index (κ3) is 1.98. The van der Waals surface area contributed by atoms with Crippen LogP contribution in [0.1, 0.15) is 12.5 Å². The highest BCUT2D eigenvalue weighted by Gasteiger charge is 1.97. The van der Waals surface area contributed by atoms with Gasteiger partial charge in [-0.25, -0.2) is 0 Å². The van der Waals surface area contributed by atoms with Crippen molar-refractivity contribution >= 4 is 5.69 Å². The number of hydrogen-bond acceptors (Lipinski definition) is 2. The first-order chi connectivity index (χ1) is 5.77. The van der Waals surface area contributed by atoms with Crippen LogP contribution in [0, 0.1) is 0 Å². The van der Waals surface area contributed by atoms with Crippen LogP contribution in [0.2, 0.25) is 0 Å². The molecule has 2 heteroatoms. The molecule has 0 heterocycles. The maximum absolute atomic E-state index is 8.88. The van der Waals surface area contributed by atoms with Gasteiger partial charge in [-0.15, -0.1) is 0 Å². The molecule has 0 unspecified atom stereocenters. The highest BCUT2D eigenvalue weighted by atomic mass is 16.3. The van der Waals surface area contributed by atoms with Crippen molar-refractivity contribution in [3.8, 4) is 0 Å². The monoisotopic (exact) mass is 165 g/mol. The Bertz CT molecular complexity index is 247. The van der Waals surface area contributed by atoms with Crippen molar-refractivity contribution < 1.29 is 5.11 Å². The summed E-state index contributed by atoms with van der Waals surface area (Å²) in [7, 11) is 1.87. The van der Waals surface area contributed by atoms with E-state index in [4.69, 9.17) is 5.11 Å². The fraction of sp³-hybridized carbons (Fsp3) is 0.400. The van der Waals surface area contributed by atoms with E-state index in [1.807, 2.05) is 19.2 Å². The zero-order valence-electron chi connectivity index (χ0n) is 7.62. The highest BCUT2D eigenvalue weighted by Crippen LogP contribution is 2.14. The van der Waals surface area contributed by atoms with E-state index in [-0.39, 0.29) is 6.73 Å². The van der Waals surface area contributed by atoms with Crippen LogP contribution >= 0.6 is 0 Å². The molecule has 66 valence electrons. The first-order valence-electron chi connectivity index (χ1n) is 4.19. The van der Waals surface area contributed by atoms with Crippen LogP contribution in [0.25, 0.3) is 0 Å². The van der Waals surface area contributed by atoms with Gasteiger partial charge < -0.3 is 10.0 Å². The third-order valence-corrected chi connectivity index (χ3v) is 1.97. The number of aliphatic hydroxyl groups excluding tert-OH is 1. The molecule has 0 spiro atoms. The number of benzene rings is 1. The van der Waals surface area contributed by atoms with E-state index in [1.54, 1.807) is 4.90 Å². The summed E-state index contributed by atoms with van der Waals surface area (Å²) in [5.41, 5.74) is 2.37. The molecule has 1 aromatic rings. The molecule has 0 saturated carbocycles. The Hall–Kier alpha value is -1.02. The SMILES string of the molecule is CCc1cccc(N(C)CO)c1. The van der Waals surface area contributed by atoms with E-state index in [2.05, 4.69) is 19.1 Å². The number of aliphatic hydroxyl groups is 1. The molecule has 0 radical (unpaired) electrons. The minimum absolute atomic E-state index is 0.0627. The van der Waals surface area contributed by atoms with Crippen LogP contribution in [0.15, 0.2) is 24.3 Å². The van der Waals surface area contributed by atoms with Gasteiger partial charge >= 0.3 is 0 Å². The van der Waals surface area contributed by atoms with Gasteiger partial charge in [0, 0.05) is 12.7 Å². The summed E-state index contributed by atoms with van der Waals surface area (Å²) in [4.78, 5) is 1.80. The minimum Gasteiger partial charge on any atom is -0.376 e. The Morgan fingerprint density at radius 1 is 1.42 bits per heavy atom. The second-order valence-electron chi connectivity index (χ2n) is 2.86. The summed E-state index contributed by atoms with van der Waals surface area (Å²) in [6.45, 7) is 2.19. The van der Waals surface area contributed by atoms with Crippen LogP contribution in [0.3, 0.4) is 0 Å². The normalized spacial score (nSPS) is 9.92. The van der Waals surface area contributed by atoms with Gasteiger partial charge in [0.2, 0.25) is 0 Å². The van der Waals surface area contributed by atoms with E-state index >= 15 is 0 Å². The number of hydrogen-bond donors (Lipinski definition) is 1. The largest absolute Gasteiger partial charge is 0.376 e. The molecule has 12 heavy (non-hydrogen) atoms. The first-order valence-corrected chi connectivity index (χ1v) is 4.19. The van der Waals surface area contributed by atoms with E-state index in [9.17, 15) is 0 Å². The van der Waals surface area contributed by atoms with Crippen LogP contribution < -0.4 is 4.90 Å². The van der Waals surface area contributed by atoms with Gasteiger partial charge in [-0.2, -0.15) is 0 Å². The maximum atomic E-state index is 8.88. The molecule has 1 rings (SSSR count). The van der Waals surface area contributed by atoms with Crippen LogP contribution in [-0.4, -0.2) is 18.9 Å². The standard InChI is InChI=1S/C10H15NO/c1-3-9-5-4-6-10(7-9)11(2)8-12/h4-7,12H,3,8H2,1-2H3. The zero-order valence-corrected chi connectivity index (χ0v) is 7.62. The average molecular weight is 165 g/mol. The Morgan fingerprint density at radius 2 is 2.17 bits per heavy atom. The lowest BCUT2D eigenvalue weighted by molar-refractivity contribution is 0.298. The molecule has 0 saturated heterocycles. The third-order valence-electron chi connectivity index (χ3n) is 1.97. The fourth-order valence-electron chi connectivity index (χ4n) is 1.10. The molecular formula is C10H15NO. The summed E-state index contributed by atoms with van der Waals surface area (Å²) in [5.74, 6) is 0. The van der Waals surface area contributed by atoms with Crippen molar-refractivity contribution in [3.05, 3.63) is 29.8 Å². The van der Waals surface area contributed by atoms with Crippen LogP contribution in [-0.2, 0) is 6.42 Å². The second-order valence-corrected chi connectivity index (χ2v) is 2.86. The Morgan fingerprint density at radius 3 is 2.75 bits per heavy atom. The summed E-state index contributed by atoms with van der Waals surface area (Å²) < 4.78 is 0. The summed E-state index contributed by atoms with van der Waals surface area (Å²) in [6.07, 6.45) is 1.03. The lowest BCUT2D eigenvalue weighted by Crippen LogP contribution is -2.17. The molecule has 0 aromatic heterocycles. The minimum atomic E-state index is 0.0627. The van der Waals surface area contributed by atoms with Gasteiger partial charge in [0.15, 0.2) is 0 Å². The van der Waals surface area contributed by atoms with E-state index < -0.39 is 0 Å². The molecule has 0 atom stereocenters. The lowest BCUT2D eigenvalue weighted by atomic mass is 10.1. The van der Waals surface area contributed by atoms with Gasteiger partial charge in [-0.1, -0.05) is 19.1 Å². The number of anilines is 1. The summed E-state index contributed by atoms with van der Waals surface area (Å²) in [5, 5.41) is 8.88. The Balaban J connectivity index is 2.86. The maximum Gasteiger partial charge on any atom is 0.115 e. The quantitative estimate of drug-likeness (QED) is 0.688. The van der Waals surface area contributed by atoms with Crippen molar-refractivity contribution in [2.45, 2.75) is 13.3 Å². The summed E-state index contributed by atoms with van der Waals surface area (Å²) in [6, 6.07) is 8.20. The molecule has 0 aliphatic rings. The van der Waals surface area contributed by atoms with Gasteiger partial charge in [-0.3, -0.25) is 0 Å². The predicted molar refractivity (Wildman–Crippen MR) is 51.3 cm³/mol. The van der Waals surface area contributed by atoms with Crippen molar-refractivity contribution in [2.75, 3.05) is 18.7 Å². The number of aryl methyl sites for hydroxylation is 1. The molecule has 0 aliphatic carbocycles. The van der Waals surface area contributed by atoms with Crippen molar-refractivity contribution in [2.24, 2.45) is 0 Å². The molecule has 1 N–H and O–H groups in total. The molecule has 0 bridgehead atoms. The summed E-state index contributed by atoms with van der Waals surface area (Å²) >= 11 is 0. The van der Waals surface area contributed by atoms with Crippen molar-refractivity contribution in [3.63, 3.8) is 0 Å². The second kappa shape index (κ2) is 4.12. The van der Waals surface area contributed by atoms with E-state index in [1.165, 1.54) is 5.56 Å². The van der Waals surface area contributed by atoms with Crippen LogP contribution in [0.5, 0.6) is 0 Å². The topological polar surface area (TPSA) is 23.5 Å². The smallest absolute Gasteiger partial charge is 0.115 e. The molecule has 0 fully saturated rings. The Kier molecular flexibility index (Phi) is 3.11. The van der Waals surface area contributed by atoms with Crippen LogP contribution in [0.4, 0.5) is 5.69 Å². The number of nitrogens with zero attached hydrogens (tertiary/aromatic N) is 1. The lowest BCUT2D eigenvalue weighted by Gasteiger charge is -2.16. The molecule has 0 aliphatic heterocycles. The molecule has 2 nitrogen and oxygen atoms in total. The van der Waals surface area contributed by atoms with Gasteiger partial charge in [0.1, 0.15) is 6.73 Å². The predicted octanol–water partition coefficient (Wildman–Crippen LogP) is 1.63. The molecule has 0 amide bonds. The molecular weight excluding hydrogens is 150 g/mol. The Labute approximate surface area is 73.4 Å². The highest BCUT2D eigenvalue weighted by molar-refractivity contribution is 5.47. The van der Waals surface area contributed by atoms with Gasteiger partial charge in [-0.05, 0) is 24.1 Å². The van der Waals surface area contributed by atoms with E-state index in [0.717, 1.165) is 12.1 Å². The molecule has 1 aromatic carbocycles. The average Bonchev–Trinajstić information content (AvgIpc) is 2.17. The number of rotatable bonds is 3. The van der Waals surface area contributed by atoms with Gasteiger partial charge in [0.05, 0.1) is 0 Å².